The molecule has 0 saturated carbocycles. The fraction of sp³-hybridized carbons (Fsp3) is 0.238. The molecule has 0 aliphatic heterocycles. The smallest absolute Gasteiger partial charge is 0.257 e. The van der Waals surface area contributed by atoms with Crippen molar-refractivity contribution in [3.63, 3.8) is 0 Å². The third kappa shape index (κ3) is 3.68. The lowest BCUT2D eigenvalue weighted by molar-refractivity contribution is 0.102. The van der Waals surface area contributed by atoms with Crippen molar-refractivity contribution in [2.24, 2.45) is 0 Å². The molecule has 3 aromatic rings. The van der Waals surface area contributed by atoms with Crippen LogP contribution in [-0.2, 0) is 6.54 Å². The van der Waals surface area contributed by atoms with Crippen molar-refractivity contribution >= 4 is 11.6 Å². The first kappa shape index (κ1) is 17.9. The number of nitrogens with zero attached hydrogens (tertiary/aromatic N) is 2. The van der Waals surface area contributed by atoms with Crippen LogP contribution < -0.4 is 5.32 Å². The lowest BCUT2D eigenvalue weighted by atomic mass is 10.1. The number of aromatic nitrogens is 2. The number of pyridine rings is 1. The van der Waals surface area contributed by atoms with Gasteiger partial charge in [-0.1, -0.05) is 24.3 Å². The average Bonchev–Trinajstić information content (AvgIpc) is 2.91. The van der Waals surface area contributed by atoms with Gasteiger partial charge in [-0.25, -0.2) is 0 Å². The molecule has 1 unspecified atom stereocenters. The van der Waals surface area contributed by atoms with Crippen molar-refractivity contribution in [2.45, 2.75) is 33.4 Å². The normalized spacial score (nSPS) is 12.0. The summed E-state index contributed by atoms with van der Waals surface area (Å²) in [7, 11) is 0. The number of carbonyl (C=O) groups is 1. The minimum absolute atomic E-state index is 0.182. The van der Waals surface area contributed by atoms with Gasteiger partial charge >= 0.3 is 0 Å². The maximum Gasteiger partial charge on any atom is 0.257 e. The van der Waals surface area contributed by atoms with E-state index in [1.54, 1.807) is 19.2 Å². The minimum Gasteiger partial charge on any atom is -0.389 e. The Labute approximate surface area is 153 Å². The van der Waals surface area contributed by atoms with Crippen molar-refractivity contribution < 1.29 is 9.90 Å². The predicted octanol–water partition coefficient (Wildman–Crippen LogP) is 3.85. The maximum absolute atomic E-state index is 12.8. The van der Waals surface area contributed by atoms with Gasteiger partial charge in [-0.15, -0.1) is 0 Å². The monoisotopic (exact) mass is 349 g/mol. The third-order valence-corrected chi connectivity index (χ3v) is 4.52. The van der Waals surface area contributed by atoms with E-state index in [1.165, 1.54) is 0 Å². The van der Waals surface area contributed by atoms with Crippen LogP contribution in [0.5, 0.6) is 0 Å². The minimum atomic E-state index is -0.650. The number of para-hydroxylation sites is 1. The summed E-state index contributed by atoms with van der Waals surface area (Å²) in [6.45, 7) is 6.22. The number of aryl methyl sites for hydroxylation is 1. The number of aliphatic hydroxyl groups excluding tert-OH is 1. The Bertz CT molecular complexity index is 914. The second-order valence-corrected chi connectivity index (χ2v) is 6.41. The zero-order chi connectivity index (χ0) is 18.7. The molecule has 0 aliphatic carbocycles. The molecule has 0 fully saturated rings. The van der Waals surface area contributed by atoms with Gasteiger partial charge in [0.15, 0.2) is 0 Å². The number of amides is 1. The van der Waals surface area contributed by atoms with Gasteiger partial charge in [-0.05, 0) is 45.0 Å². The van der Waals surface area contributed by atoms with E-state index in [9.17, 15) is 9.90 Å². The second-order valence-electron chi connectivity index (χ2n) is 6.41. The van der Waals surface area contributed by atoms with E-state index in [0.29, 0.717) is 23.4 Å². The van der Waals surface area contributed by atoms with Gasteiger partial charge in [0.05, 0.1) is 23.9 Å². The summed E-state index contributed by atoms with van der Waals surface area (Å²) in [5, 5.41) is 12.8. The standard InChI is InChI=1S/C21H23N3O2/c1-14-12-19(15(2)24(14)13-17-8-6-7-11-22-17)21(26)23-20-10-5-4-9-18(20)16(3)25/h4-12,16,25H,13H2,1-3H3,(H,23,26). The highest BCUT2D eigenvalue weighted by atomic mass is 16.3. The Morgan fingerprint density at radius 2 is 1.92 bits per heavy atom. The molecule has 0 bridgehead atoms. The van der Waals surface area contributed by atoms with Gasteiger partial charge in [-0.3, -0.25) is 9.78 Å². The summed E-state index contributed by atoms with van der Waals surface area (Å²) in [6.07, 6.45) is 1.12. The van der Waals surface area contributed by atoms with Crippen LogP contribution in [0.3, 0.4) is 0 Å². The predicted molar refractivity (Wildman–Crippen MR) is 102 cm³/mol. The van der Waals surface area contributed by atoms with E-state index in [0.717, 1.165) is 17.1 Å². The number of nitrogens with one attached hydrogen (secondary N) is 1. The first-order valence-electron chi connectivity index (χ1n) is 8.62. The summed E-state index contributed by atoms with van der Waals surface area (Å²) >= 11 is 0. The molecule has 1 atom stereocenters. The average molecular weight is 349 g/mol. The molecule has 0 spiro atoms. The number of carbonyl (C=O) groups excluding carboxylic acids is 1. The Hall–Kier alpha value is -2.92. The summed E-state index contributed by atoms with van der Waals surface area (Å²) in [4.78, 5) is 17.2. The van der Waals surface area contributed by atoms with E-state index < -0.39 is 6.10 Å². The topological polar surface area (TPSA) is 67.2 Å². The van der Waals surface area contributed by atoms with E-state index in [1.807, 2.05) is 56.3 Å². The molecule has 3 rings (SSSR count). The van der Waals surface area contributed by atoms with Crippen molar-refractivity contribution in [3.05, 3.63) is 82.9 Å². The number of hydrogen-bond donors (Lipinski definition) is 2. The van der Waals surface area contributed by atoms with Crippen molar-refractivity contribution in [1.29, 1.82) is 0 Å². The zero-order valence-electron chi connectivity index (χ0n) is 15.2. The largest absolute Gasteiger partial charge is 0.389 e. The highest BCUT2D eigenvalue weighted by molar-refractivity contribution is 6.05. The summed E-state index contributed by atoms with van der Waals surface area (Å²) in [5.41, 5.74) is 4.78. The van der Waals surface area contributed by atoms with Gasteiger partial charge in [-0.2, -0.15) is 0 Å². The molecule has 0 saturated heterocycles. The lowest BCUT2D eigenvalue weighted by Crippen LogP contribution is -2.15. The quantitative estimate of drug-likeness (QED) is 0.735. The molecule has 2 heterocycles. The van der Waals surface area contributed by atoms with Crippen LogP contribution in [0.1, 0.15) is 46.0 Å². The molecule has 5 nitrogen and oxygen atoms in total. The van der Waals surface area contributed by atoms with Gasteiger partial charge in [0.25, 0.3) is 5.91 Å². The van der Waals surface area contributed by atoms with Crippen LogP contribution in [0.15, 0.2) is 54.7 Å². The van der Waals surface area contributed by atoms with E-state index >= 15 is 0 Å². The highest BCUT2D eigenvalue weighted by Gasteiger charge is 2.18. The molecule has 0 radical (unpaired) electrons. The fourth-order valence-electron chi connectivity index (χ4n) is 3.09. The summed E-state index contributed by atoms with van der Waals surface area (Å²) < 4.78 is 2.08. The molecule has 5 heteroatoms. The SMILES string of the molecule is Cc1cc(C(=O)Nc2ccccc2C(C)O)c(C)n1Cc1ccccn1. The van der Waals surface area contributed by atoms with Crippen LogP contribution in [0.25, 0.3) is 0 Å². The first-order chi connectivity index (χ1) is 12.5. The molecule has 2 N–H and O–H groups in total. The van der Waals surface area contributed by atoms with Crippen LogP contribution in [0.2, 0.25) is 0 Å². The number of hydrogen-bond acceptors (Lipinski definition) is 3. The molecule has 134 valence electrons. The Morgan fingerprint density at radius 1 is 1.19 bits per heavy atom. The number of rotatable bonds is 5. The molecule has 0 aliphatic rings. The third-order valence-electron chi connectivity index (χ3n) is 4.52. The number of aliphatic hydroxyl groups is 1. The lowest BCUT2D eigenvalue weighted by Gasteiger charge is -2.13. The number of anilines is 1. The van der Waals surface area contributed by atoms with Crippen molar-refractivity contribution in [2.75, 3.05) is 5.32 Å². The molecule has 26 heavy (non-hydrogen) atoms. The first-order valence-corrected chi connectivity index (χ1v) is 8.62. The molecular weight excluding hydrogens is 326 g/mol. The number of benzene rings is 1. The highest BCUT2D eigenvalue weighted by Crippen LogP contribution is 2.24. The van der Waals surface area contributed by atoms with Crippen LogP contribution >= 0.6 is 0 Å². The molecule has 1 amide bonds. The van der Waals surface area contributed by atoms with E-state index in [4.69, 9.17) is 0 Å². The van der Waals surface area contributed by atoms with Crippen molar-refractivity contribution in [3.8, 4) is 0 Å². The summed E-state index contributed by atoms with van der Waals surface area (Å²) in [5.74, 6) is -0.182. The van der Waals surface area contributed by atoms with Gasteiger partial charge in [0.1, 0.15) is 0 Å². The Kier molecular flexibility index (Phi) is 5.19. The van der Waals surface area contributed by atoms with E-state index in [2.05, 4.69) is 14.9 Å². The van der Waals surface area contributed by atoms with Crippen molar-refractivity contribution in [1.82, 2.24) is 9.55 Å². The zero-order valence-corrected chi connectivity index (χ0v) is 15.2. The maximum atomic E-state index is 12.8. The van der Waals surface area contributed by atoms with Gasteiger partial charge < -0.3 is 15.0 Å². The van der Waals surface area contributed by atoms with Crippen LogP contribution in [-0.4, -0.2) is 20.6 Å². The Balaban J connectivity index is 1.86. The molecular formula is C21H23N3O2. The molecule has 2 aromatic heterocycles. The Morgan fingerprint density at radius 3 is 2.62 bits per heavy atom. The van der Waals surface area contributed by atoms with E-state index in [-0.39, 0.29) is 5.91 Å². The second kappa shape index (κ2) is 7.54. The van der Waals surface area contributed by atoms with Gasteiger partial charge in [0.2, 0.25) is 0 Å². The summed E-state index contributed by atoms with van der Waals surface area (Å²) in [6, 6.07) is 15.0. The van der Waals surface area contributed by atoms with Crippen LogP contribution in [0, 0.1) is 13.8 Å². The van der Waals surface area contributed by atoms with Crippen LogP contribution in [0.4, 0.5) is 5.69 Å². The fourth-order valence-corrected chi connectivity index (χ4v) is 3.09. The van der Waals surface area contributed by atoms with Gasteiger partial charge in [0, 0.05) is 28.8 Å². The molecule has 1 aromatic carbocycles.